The highest BCUT2D eigenvalue weighted by Crippen LogP contribution is 2.38. The van der Waals surface area contributed by atoms with E-state index in [0.717, 1.165) is 29.7 Å². The number of nitrogens with zero attached hydrogens (tertiary/aromatic N) is 4. The predicted octanol–water partition coefficient (Wildman–Crippen LogP) is 6.61. The van der Waals surface area contributed by atoms with Gasteiger partial charge in [-0.15, -0.1) is 0 Å². The van der Waals surface area contributed by atoms with Gasteiger partial charge in [0.25, 0.3) is 0 Å². The third-order valence-corrected chi connectivity index (χ3v) is 7.62. The van der Waals surface area contributed by atoms with E-state index in [0.29, 0.717) is 34.3 Å². The summed E-state index contributed by atoms with van der Waals surface area (Å²) < 4.78 is 15.2. The number of hydrogen-bond acceptors (Lipinski definition) is 6. The lowest BCUT2D eigenvalue weighted by Crippen LogP contribution is -2.41. The Morgan fingerprint density at radius 3 is 2.51 bits per heavy atom. The average Bonchev–Trinajstić information content (AvgIpc) is 3.28. The van der Waals surface area contributed by atoms with Crippen molar-refractivity contribution < 1.29 is 4.39 Å². The van der Waals surface area contributed by atoms with Gasteiger partial charge in [-0.2, -0.15) is 10.1 Å². The average molecular weight is 498 g/mol. The summed E-state index contributed by atoms with van der Waals surface area (Å²) in [6.45, 7) is 6.46. The molecule has 3 aromatic rings. The summed E-state index contributed by atoms with van der Waals surface area (Å²) in [5, 5.41) is 13.4. The number of halogens is 2. The van der Waals surface area contributed by atoms with Gasteiger partial charge in [0.15, 0.2) is 11.6 Å². The minimum atomic E-state index is -0.292. The Bertz CT molecular complexity index is 1170. The van der Waals surface area contributed by atoms with Crippen molar-refractivity contribution in [2.24, 2.45) is 0 Å². The van der Waals surface area contributed by atoms with Crippen molar-refractivity contribution >= 4 is 34.9 Å². The molecule has 2 aromatic heterocycles. The first-order valence-electron chi connectivity index (χ1n) is 12.6. The molecule has 0 bridgehead atoms. The molecule has 3 N–H and O–H groups in total. The van der Waals surface area contributed by atoms with Crippen LogP contribution in [0.25, 0.3) is 0 Å². The fourth-order valence-corrected chi connectivity index (χ4v) is 5.65. The smallest absolute Gasteiger partial charge is 0.229 e. The fraction of sp³-hybridized carbons (Fsp3) is 0.500. The fourth-order valence-electron chi connectivity index (χ4n) is 5.51. The van der Waals surface area contributed by atoms with Gasteiger partial charge in [-0.05, 0) is 94.6 Å². The molecule has 5 rings (SSSR count). The van der Waals surface area contributed by atoms with Gasteiger partial charge in [0, 0.05) is 17.8 Å². The van der Waals surface area contributed by atoms with Crippen LogP contribution in [0.1, 0.15) is 67.7 Å². The molecule has 2 fully saturated rings. The second-order valence-corrected chi connectivity index (χ2v) is 10.3. The molecular formula is C26H33ClFN7. The van der Waals surface area contributed by atoms with Crippen molar-refractivity contribution in [2.45, 2.75) is 70.8 Å². The molecule has 1 aliphatic carbocycles. The number of likely N-dealkylation sites (tertiary alicyclic amines) is 1. The van der Waals surface area contributed by atoms with Crippen molar-refractivity contribution in [2.75, 3.05) is 23.7 Å². The molecule has 1 aromatic carbocycles. The molecule has 0 atom stereocenters. The van der Waals surface area contributed by atoms with E-state index in [9.17, 15) is 0 Å². The second-order valence-electron chi connectivity index (χ2n) is 9.87. The van der Waals surface area contributed by atoms with Crippen LogP contribution in [0.3, 0.4) is 0 Å². The molecule has 1 saturated carbocycles. The van der Waals surface area contributed by atoms with Crippen LogP contribution in [0.2, 0.25) is 5.02 Å². The molecule has 2 aliphatic rings. The summed E-state index contributed by atoms with van der Waals surface area (Å²) in [4.78, 5) is 11.3. The summed E-state index contributed by atoms with van der Waals surface area (Å²) >= 11 is 6.25. The Hall–Kier alpha value is -2.71. The highest BCUT2D eigenvalue weighted by atomic mass is 35.5. The van der Waals surface area contributed by atoms with E-state index < -0.39 is 0 Å². The standard InChI is InChI=1S/C26H33ClFN7/c1-16-12-23(30-26-29-15-21(27)25(32-26)31-24-13-17(2)33-34-24)22(28)14-20(16)18-6-8-19(9-7-18)35-10-4-3-5-11-35/h12-15,18-19H,3-11H2,1-2H3,(H3,29,30,31,32,33,34)/t18-,19+. The molecule has 1 aliphatic heterocycles. The van der Waals surface area contributed by atoms with E-state index in [1.807, 2.05) is 19.1 Å². The van der Waals surface area contributed by atoms with E-state index in [-0.39, 0.29) is 11.8 Å². The van der Waals surface area contributed by atoms with Crippen LogP contribution < -0.4 is 10.6 Å². The third-order valence-electron chi connectivity index (χ3n) is 7.34. The predicted molar refractivity (Wildman–Crippen MR) is 138 cm³/mol. The van der Waals surface area contributed by atoms with E-state index >= 15 is 4.39 Å². The van der Waals surface area contributed by atoms with Gasteiger partial charge >= 0.3 is 0 Å². The van der Waals surface area contributed by atoms with Crippen LogP contribution in [0.4, 0.5) is 27.7 Å². The number of aryl methyl sites for hydroxylation is 2. The highest BCUT2D eigenvalue weighted by molar-refractivity contribution is 6.32. The normalized spacial score (nSPS) is 21.1. The molecule has 1 saturated heterocycles. The van der Waals surface area contributed by atoms with Gasteiger partial charge in [-0.1, -0.05) is 18.0 Å². The molecule has 0 spiro atoms. The zero-order valence-electron chi connectivity index (χ0n) is 20.4. The third kappa shape index (κ3) is 5.59. The molecule has 9 heteroatoms. The monoisotopic (exact) mass is 497 g/mol. The van der Waals surface area contributed by atoms with Crippen LogP contribution in [-0.4, -0.2) is 44.2 Å². The Kier molecular flexibility index (Phi) is 7.20. The minimum absolute atomic E-state index is 0.261. The number of nitrogens with one attached hydrogen (secondary N) is 3. The number of hydrogen-bond donors (Lipinski definition) is 3. The maximum atomic E-state index is 15.2. The van der Waals surface area contributed by atoms with Gasteiger partial charge in [0.2, 0.25) is 5.95 Å². The first-order valence-corrected chi connectivity index (χ1v) is 13.0. The zero-order valence-corrected chi connectivity index (χ0v) is 21.1. The molecular weight excluding hydrogens is 465 g/mol. The van der Waals surface area contributed by atoms with Crippen LogP contribution in [0.5, 0.6) is 0 Å². The van der Waals surface area contributed by atoms with Gasteiger partial charge in [-0.3, -0.25) is 5.10 Å². The number of piperidine rings is 1. The van der Waals surface area contributed by atoms with E-state index in [4.69, 9.17) is 11.6 Å². The van der Waals surface area contributed by atoms with Crippen LogP contribution >= 0.6 is 11.6 Å². The molecule has 0 radical (unpaired) electrons. The second kappa shape index (κ2) is 10.5. The largest absolute Gasteiger partial charge is 0.322 e. The van der Waals surface area contributed by atoms with E-state index in [2.05, 4.69) is 42.6 Å². The Labute approximate surface area is 210 Å². The highest BCUT2D eigenvalue weighted by Gasteiger charge is 2.28. The molecule has 0 unspecified atom stereocenters. The topological polar surface area (TPSA) is 81.8 Å². The summed E-state index contributed by atoms with van der Waals surface area (Å²) in [6.07, 6.45) is 10.2. The summed E-state index contributed by atoms with van der Waals surface area (Å²) in [7, 11) is 0. The first kappa shape index (κ1) is 24.0. The van der Waals surface area contributed by atoms with Crippen molar-refractivity contribution in [3.8, 4) is 0 Å². The summed E-state index contributed by atoms with van der Waals surface area (Å²) in [6, 6.07) is 6.11. The Morgan fingerprint density at radius 2 is 1.80 bits per heavy atom. The SMILES string of the molecule is Cc1cc(Nc2nc(Nc3cc(C)c([C@H]4CC[C@@H](N5CCCCC5)CC4)cc3F)ncc2Cl)n[nH]1. The van der Waals surface area contributed by atoms with Crippen LogP contribution in [-0.2, 0) is 0 Å². The van der Waals surface area contributed by atoms with Crippen molar-refractivity contribution in [3.63, 3.8) is 0 Å². The lowest BCUT2D eigenvalue weighted by atomic mass is 9.79. The Morgan fingerprint density at radius 1 is 1.03 bits per heavy atom. The van der Waals surface area contributed by atoms with Crippen molar-refractivity contribution in [1.29, 1.82) is 0 Å². The molecule has 186 valence electrons. The number of anilines is 4. The van der Waals surface area contributed by atoms with Gasteiger partial charge in [0.05, 0.1) is 11.9 Å². The lowest BCUT2D eigenvalue weighted by Gasteiger charge is -2.39. The number of benzene rings is 1. The molecule has 0 amide bonds. The zero-order chi connectivity index (χ0) is 24.4. The molecule has 35 heavy (non-hydrogen) atoms. The number of rotatable bonds is 6. The maximum absolute atomic E-state index is 15.2. The van der Waals surface area contributed by atoms with Crippen molar-refractivity contribution in [3.05, 3.63) is 52.1 Å². The number of aromatic nitrogens is 4. The van der Waals surface area contributed by atoms with Crippen LogP contribution in [0.15, 0.2) is 24.4 Å². The first-order chi connectivity index (χ1) is 17.0. The van der Waals surface area contributed by atoms with Gasteiger partial charge < -0.3 is 15.5 Å². The van der Waals surface area contributed by atoms with E-state index in [1.54, 1.807) is 6.07 Å². The minimum Gasteiger partial charge on any atom is -0.322 e. The molecule has 3 heterocycles. The van der Waals surface area contributed by atoms with E-state index in [1.165, 1.54) is 51.4 Å². The molecule has 7 nitrogen and oxygen atoms in total. The van der Waals surface area contributed by atoms with Gasteiger partial charge in [-0.25, -0.2) is 9.37 Å². The lowest BCUT2D eigenvalue weighted by molar-refractivity contribution is 0.125. The Balaban J connectivity index is 1.26. The maximum Gasteiger partial charge on any atom is 0.229 e. The van der Waals surface area contributed by atoms with Crippen LogP contribution in [0, 0.1) is 19.7 Å². The summed E-state index contributed by atoms with van der Waals surface area (Å²) in [5.74, 6) is 1.38. The summed E-state index contributed by atoms with van der Waals surface area (Å²) in [5.41, 5.74) is 3.49. The number of aromatic amines is 1. The quantitative estimate of drug-likeness (QED) is 0.355. The van der Waals surface area contributed by atoms with Gasteiger partial charge in [0.1, 0.15) is 10.8 Å². The van der Waals surface area contributed by atoms with Crippen molar-refractivity contribution in [1.82, 2.24) is 25.1 Å². The number of H-pyrrole nitrogens is 1.